The zero-order valence-corrected chi connectivity index (χ0v) is 15.1. The minimum Gasteiger partial charge on any atom is -0.300 e. The summed E-state index contributed by atoms with van der Waals surface area (Å²) in [7, 11) is 0. The molecule has 0 spiro atoms. The van der Waals surface area contributed by atoms with Crippen molar-refractivity contribution in [3.05, 3.63) is 64.7 Å². The molecule has 4 rings (SSSR count). The SMILES string of the molecule is Cc1nc(NC(=O)Cn2nnc3ccccc3c2=O)sc1-c1ccccn1. The molecule has 0 aliphatic heterocycles. The van der Waals surface area contributed by atoms with Gasteiger partial charge in [0.2, 0.25) is 5.91 Å². The topological polar surface area (TPSA) is 103 Å². The Hall–Kier alpha value is -3.46. The monoisotopic (exact) mass is 378 g/mol. The third-order valence-corrected chi connectivity index (χ3v) is 4.96. The standard InChI is InChI=1S/C18H14N6O2S/c1-11-16(14-8-4-5-9-19-14)27-18(20-11)21-15(25)10-24-17(26)12-6-2-3-7-13(12)22-23-24/h2-9H,10H2,1H3,(H,20,21,25). The van der Waals surface area contributed by atoms with E-state index in [2.05, 4.69) is 25.6 Å². The molecule has 0 unspecified atom stereocenters. The molecule has 4 aromatic rings. The molecule has 134 valence electrons. The van der Waals surface area contributed by atoms with Crippen molar-refractivity contribution in [2.45, 2.75) is 13.5 Å². The average Bonchev–Trinajstić information content (AvgIpc) is 3.05. The highest BCUT2D eigenvalue weighted by molar-refractivity contribution is 7.19. The number of carbonyl (C=O) groups excluding carboxylic acids is 1. The van der Waals surface area contributed by atoms with Gasteiger partial charge in [0.15, 0.2) is 5.13 Å². The fraction of sp³-hybridized carbons (Fsp3) is 0.111. The molecule has 0 atom stereocenters. The van der Waals surface area contributed by atoms with Crippen LogP contribution < -0.4 is 10.9 Å². The Morgan fingerprint density at radius 2 is 2.00 bits per heavy atom. The molecule has 1 aromatic carbocycles. The molecule has 0 saturated carbocycles. The van der Waals surface area contributed by atoms with E-state index in [-0.39, 0.29) is 12.1 Å². The Kier molecular flexibility index (Phi) is 4.43. The van der Waals surface area contributed by atoms with Crippen LogP contribution in [0.5, 0.6) is 0 Å². The molecule has 3 heterocycles. The summed E-state index contributed by atoms with van der Waals surface area (Å²) in [5.74, 6) is -0.400. The van der Waals surface area contributed by atoms with Gasteiger partial charge in [0.25, 0.3) is 5.56 Å². The number of aryl methyl sites for hydroxylation is 1. The Morgan fingerprint density at radius 3 is 2.81 bits per heavy atom. The maximum absolute atomic E-state index is 12.4. The van der Waals surface area contributed by atoms with Crippen molar-refractivity contribution >= 4 is 33.3 Å². The third-order valence-electron chi connectivity index (χ3n) is 3.86. The van der Waals surface area contributed by atoms with E-state index in [0.717, 1.165) is 20.9 Å². The Bertz CT molecular complexity index is 1190. The summed E-state index contributed by atoms with van der Waals surface area (Å²) in [6, 6.07) is 12.5. The van der Waals surface area contributed by atoms with Crippen molar-refractivity contribution in [3.8, 4) is 10.6 Å². The smallest absolute Gasteiger partial charge is 0.278 e. The minimum atomic E-state index is -0.400. The van der Waals surface area contributed by atoms with Crippen LogP contribution >= 0.6 is 11.3 Å². The summed E-state index contributed by atoms with van der Waals surface area (Å²) in [6.45, 7) is 1.61. The van der Waals surface area contributed by atoms with E-state index in [4.69, 9.17) is 0 Å². The molecule has 0 saturated heterocycles. The number of pyridine rings is 1. The fourth-order valence-electron chi connectivity index (χ4n) is 2.61. The number of nitrogens with zero attached hydrogens (tertiary/aromatic N) is 5. The van der Waals surface area contributed by atoms with Gasteiger partial charge in [0, 0.05) is 6.20 Å². The van der Waals surface area contributed by atoms with Crippen molar-refractivity contribution in [2.75, 3.05) is 5.32 Å². The second-order valence-corrected chi connectivity index (χ2v) is 6.77. The number of rotatable bonds is 4. The third kappa shape index (κ3) is 3.44. The number of fused-ring (bicyclic) bond motifs is 1. The number of aromatic nitrogens is 5. The number of anilines is 1. The molecule has 0 aliphatic rings. The van der Waals surface area contributed by atoms with E-state index in [1.54, 1.807) is 30.5 Å². The van der Waals surface area contributed by atoms with E-state index < -0.39 is 5.91 Å². The molecule has 0 bridgehead atoms. The molecular weight excluding hydrogens is 364 g/mol. The summed E-state index contributed by atoms with van der Waals surface area (Å²) >= 11 is 1.33. The van der Waals surface area contributed by atoms with Crippen LogP contribution in [0.15, 0.2) is 53.5 Å². The molecule has 27 heavy (non-hydrogen) atoms. The molecule has 1 N–H and O–H groups in total. The van der Waals surface area contributed by atoms with E-state index in [1.165, 1.54) is 11.3 Å². The van der Waals surface area contributed by atoms with E-state index >= 15 is 0 Å². The van der Waals surface area contributed by atoms with Crippen molar-refractivity contribution in [1.82, 2.24) is 25.0 Å². The first-order chi connectivity index (χ1) is 13.1. The predicted octanol–water partition coefficient (Wildman–Crippen LogP) is 2.26. The molecule has 0 aliphatic carbocycles. The molecular formula is C18H14N6O2S. The maximum atomic E-state index is 12.4. The first-order valence-electron chi connectivity index (χ1n) is 8.13. The quantitative estimate of drug-likeness (QED) is 0.584. The van der Waals surface area contributed by atoms with E-state index in [0.29, 0.717) is 16.0 Å². The molecule has 8 nitrogen and oxygen atoms in total. The summed E-state index contributed by atoms with van der Waals surface area (Å²) in [5.41, 5.74) is 1.70. The first kappa shape index (κ1) is 17.0. The lowest BCUT2D eigenvalue weighted by atomic mass is 10.2. The van der Waals surface area contributed by atoms with Crippen LogP contribution in [-0.2, 0) is 11.3 Å². The Labute approximate surface area is 157 Å². The van der Waals surface area contributed by atoms with Crippen molar-refractivity contribution in [2.24, 2.45) is 0 Å². The normalized spacial score (nSPS) is 10.9. The summed E-state index contributed by atoms with van der Waals surface area (Å²) in [5, 5.41) is 11.4. The van der Waals surface area contributed by atoms with Gasteiger partial charge in [0.05, 0.1) is 21.7 Å². The van der Waals surface area contributed by atoms with Gasteiger partial charge in [-0.25, -0.2) is 9.67 Å². The summed E-state index contributed by atoms with van der Waals surface area (Å²) in [6.07, 6.45) is 1.71. The number of thiazole rings is 1. The van der Waals surface area contributed by atoms with Gasteiger partial charge in [-0.3, -0.25) is 14.6 Å². The van der Waals surface area contributed by atoms with Gasteiger partial charge < -0.3 is 5.32 Å². The lowest BCUT2D eigenvalue weighted by Gasteiger charge is -2.04. The van der Waals surface area contributed by atoms with Crippen molar-refractivity contribution in [1.29, 1.82) is 0 Å². The number of nitrogens with one attached hydrogen (secondary N) is 1. The number of amides is 1. The summed E-state index contributed by atoms with van der Waals surface area (Å²) in [4.78, 5) is 34.3. The highest BCUT2D eigenvalue weighted by atomic mass is 32.1. The highest BCUT2D eigenvalue weighted by Gasteiger charge is 2.14. The van der Waals surface area contributed by atoms with Crippen LogP contribution in [0.1, 0.15) is 5.69 Å². The average molecular weight is 378 g/mol. The number of hydrogen-bond acceptors (Lipinski definition) is 7. The minimum absolute atomic E-state index is 0.242. The number of hydrogen-bond donors (Lipinski definition) is 1. The zero-order chi connectivity index (χ0) is 18.8. The maximum Gasteiger partial charge on any atom is 0.278 e. The molecule has 0 radical (unpaired) electrons. The van der Waals surface area contributed by atoms with Crippen molar-refractivity contribution < 1.29 is 4.79 Å². The number of benzene rings is 1. The van der Waals surface area contributed by atoms with Crippen LogP contribution in [0.3, 0.4) is 0 Å². The van der Waals surface area contributed by atoms with Gasteiger partial charge >= 0.3 is 0 Å². The second kappa shape index (κ2) is 7.04. The number of carbonyl (C=O) groups is 1. The largest absolute Gasteiger partial charge is 0.300 e. The van der Waals surface area contributed by atoms with Crippen LogP contribution in [0.25, 0.3) is 21.5 Å². The van der Waals surface area contributed by atoms with Gasteiger partial charge in [-0.05, 0) is 31.2 Å². The van der Waals surface area contributed by atoms with Crippen LogP contribution in [0.4, 0.5) is 5.13 Å². The van der Waals surface area contributed by atoms with Crippen LogP contribution in [-0.4, -0.2) is 30.9 Å². The lowest BCUT2D eigenvalue weighted by molar-refractivity contribution is -0.117. The van der Waals surface area contributed by atoms with Crippen LogP contribution in [0, 0.1) is 6.92 Å². The lowest BCUT2D eigenvalue weighted by Crippen LogP contribution is -2.30. The van der Waals surface area contributed by atoms with E-state index in [9.17, 15) is 9.59 Å². The van der Waals surface area contributed by atoms with Gasteiger partial charge in [-0.1, -0.05) is 34.7 Å². The van der Waals surface area contributed by atoms with Crippen LogP contribution in [0.2, 0.25) is 0 Å². The Morgan fingerprint density at radius 1 is 1.19 bits per heavy atom. The fourth-order valence-corrected chi connectivity index (χ4v) is 3.57. The molecule has 1 amide bonds. The predicted molar refractivity (Wildman–Crippen MR) is 103 cm³/mol. The summed E-state index contributed by atoms with van der Waals surface area (Å²) < 4.78 is 1.04. The van der Waals surface area contributed by atoms with Gasteiger partial charge in [0.1, 0.15) is 12.1 Å². The molecule has 0 fully saturated rings. The van der Waals surface area contributed by atoms with E-state index in [1.807, 2.05) is 25.1 Å². The second-order valence-electron chi connectivity index (χ2n) is 5.77. The van der Waals surface area contributed by atoms with Gasteiger partial charge in [-0.15, -0.1) is 5.10 Å². The molecule has 3 aromatic heterocycles. The zero-order valence-electron chi connectivity index (χ0n) is 14.3. The van der Waals surface area contributed by atoms with Crippen molar-refractivity contribution in [3.63, 3.8) is 0 Å². The highest BCUT2D eigenvalue weighted by Crippen LogP contribution is 2.31. The Balaban J connectivity index is 1.54. The first-order valence-corrected chi connectivity index (χ1v) is 8.95. The molecule has 9 heteroatoms. The van der Waals surface area contributed by atoms with Gasteiger partial charge in [-0.2, -0.15) is 0 Å².